The molecular weight excluding hydrogens is 365 g/mol. The van der Waals surface area contributed by atoms with Gasteiger partial charge in [-0.2, -0.15) is 0 Å². The Bertz CT molecular complexity index is 848. The van der Waals surface area contributed by atoms with Gasteiger partial charge < -0.3 is 10.1 Å². The zero-order valence-corrected chi connectivity index (χ0v) is 16.5. The maximum absolute atomic E-state index is 6.53. The zero-order chi connectivity index (χ0) is 18.3. The van der Waals surface area contributed by atoms with E-state index in [0.717, 1.165) is 29.8 Å². The average molecular weight is 388 g/mol. The maximum atomic E-state index is 6.53. The molecule has 1 N–H and O–H groups in total. The van der Waals surface area contributed by atoms with Crippen LogP contribution in [0.15, 0.2) is 48.6 Å². The molecule has 1 aliphatic carbocycles. The summed E-state index contributed by atoms with van der Waals surface area (Å²) in [5.74, 6) is 1.74. The number of fused-ring (bicyclic) bond motifs is 3. The van der Waals surface area contributed by atoms with E-state index in [0.29, 0.717) is 21.9 Å². The van der Waals surface area contributed by atoms with Gasteiger partial charge in [0, 0.05) is 11.6 Å². The summed E-state index contributed by atoms with van der Waals surface area (Å²) in [6.07, 6.45) is 6.85. The predicted molar refractivity (Wildman–Crippen MR) is 110 cm³/mol. The van der Waals surface area contributed by atoms with Crippen molar-refractivity contribution in [1.29, 1.82) is 0 Å². The molecule has 0 amide bonds. The number of hydrogen-bond donors (Lipinski definition) is 1. The molecule has 2 nitrogen and oxygen atoms in total. The summed E-state index contributed by atoms with van der Waals surface area (Å²) in [7, 11) is 0. The number of halogens is 2. The van der Waals surface area contributed by atoms with Gasteiger partial charge in [-0.3, -0.25) is 0 Å². The van der Waals surface area contributed by atoms with E-state index in [-0.39, 0.29) is 12.1 Å². The number of nitrogens with one attached hydrogen (secondary N) is 1. The monoisotopic (exact) mass is 387 g/mol. The van der Waals surface area contributed by atoms with Gasteiger partial charge in [-0.1, -0.05) is 54.4 Å². The molecule has 0 saturated heterocycles. The minimum atomic E-state index is 0.148. The molecule has 4 unspecified atom stereocenters. The van der Waals surface area contributed by atoms with Gasteiger partial charge in [-0.15, -0.1) is 0 Å². The van der Waals surface area contributed by atoms with Crippen molar-refractivity contribution in [3.05, 3.63) is 69.7 Å². The summed E-state index contributed by atoms with van der Waals surface area (Å²) in [6.45, 7) is 4.24. The molecule has 1 aliphatic heterocycles. The summed E-state index contributed by atoms with van der Waals surface area (Å²) in [4.78, 5) is 0. The van der Waals surface area contributed by atoms with Crippen LogP contribution in [-0.4, -0.2) is 6.10 Å². The first kappa shape index (κ1) is 17.8. The standard InChI is InChI=1S/C22H23Cl2NO/c1-3-13(2)26-14-10-11-20-18(12-14)15-6-4-7-16(15)22(25-20)17-8-5-9-19(23)21(17)24/h4-6,8-13,15-16,22,25H,3,7H2,1-2H3. The lowest BCUT2D eigenvalue weighted by molar-refractivity contribution is 0.217. The summed E-state index contributed by atoms with van der Waals surface area (Å²) < 4.78 is 6.03. The quantitative estimate of drug-likeness (QED) is 0.570. The highest BCUT2D eigenvalue weighted by atomic mass is 35.5. The highest BCUT2D eigenvalue weighted by Crippen LogP contribution is 2.51. The van der Waals surface area contributed by atoms with Gasteiger partial charge in [0.05, 0.1) is 22.2 Å². The topological polar surface area (TPSA) is 21.3 Å². The van der Waals surface area contributed by atoms with Gasteiger partial charge in [-0.05, 0) is 61.1 Å². The molecule has 0 spiro atoms. The molecule has 0 aromatic heterocycles. The van der Waals surface area contributed by atoms with E-state index in [1.807, 2.05) is 18.2 Å². The van der Waals surface area contributed by atoms with E-state index in [1.165, 1.54) is 5.56 Å². The van der Waals surface area contributed by atoms with E-state index >= 15 is 0 Å². The predicted octanol–water partition coefficient (Wildman–Crippen LogP) is 7.00. The Labute approximate surface area is 165 Å². The second-order valence-corrected chi connectivity index (χ2v) is 7.99. The number of rotatable bonds is 4. The Morgan fingerprint density at radius 2 is 2.04 bits per heavy atom. The molecule has 0 radical (unpaired) electrons. The van der Waals surface area contributed by atoms with Crippen molar-refractivity contribution in [2.45, 2.75) is 44.8 Å². The van der Waals surface area contributed by atoms with Crippen LogP contribution in [-0.2, 0) is 0 Å². The minimum absolute atomic E-state index is 0.148. The summed E-state index contributed by atoms with van der Waals surface area (Å²) in [5.41, 5.74) is 3.53. The smallest absolute Gasteiger partial charge is 0.120 e. The third kappa shape index (κ3) is 3.10. The van der Waals surface area contributed by atoms with Crippen LogP contribution in [0, 0.1) is 5.92 Å². The lowest BCUT2D eigenvalue weighted by Crippen LogP contribution is -2.29. The Kier molecular flexibility index (Phi) is 4.90. The van der Waals surface area contributed by atoms with Crippen molar-refractivity contribution in [2.24, 2.45) is 5.92 Å². The average Bonchev–Trinajstić information content (AvgIpc) is 3.14. The van der Waals surface area contributed by atoms with Crippen LogP contribution in [0.25, 0.3) is 0 Å². The zero-order valence-electron chi connectivity index (χ0n) is 15.0. The molecule has 136 valence electrons. The first-order chi connectivity index (χ1) is 12.6. The van der Waals surface area contributed by atoms with Gasteiger partial charge in [-0.25, -0.2) is 0 Å². The maximum Gasteiger partial charge on any atom is 0.120 e. The van der Waals surface area contributed by atoms with Crippen LogP contribution < -0.4 is 10.1 Å². The fourth-order valence-electron chi connectivity index (χ4n) is 4.03. The second kappa shape index (κ2) is 7.17. The molecule has 2 aliphatic rings. The fourth-order valence-corrected chi connectivity index (χ4v) is 4.46. The first-order valence-electron chi connectivity index (χ1n) is 9.26. The Morgan fingerprint density at radius 1 is 1.19 bits per heavy atom. The van der Waals surface area contributed by atoms with Crippen LogP contribution in [0.1, 0.15) is 49.8 Å². The number of ether oxygens (including phenoxy) is 1. The van der Waals surface area contributed by atoms with Crippen LogP contribution in [0.4, 0.5) is 5.69 Å². The number of benzene rings is 2. The van der Waals surface area contributed by atoms with Crippen molar-refractivity contribution in [1.82, 2.24) is 0 Å². The molecule has 0 bridgehead atoms. The number of anilines is 1. The van der Waals surface area contributed by atoms with Crippen molar-refractivity contribution >= 4 is 28.9 Å². The van der Waals surface area contributed by atoms with E-state index in [4.69, 9.17) is 27.9 Å². The summed E-state index contributed by atoms with van der Waals surface area (Å²) >= 11 is 12.8. The molecule has 4 heteroatoms. The van der Waals surface area contributed by atoms with E-state index in [1.54, 1.807) is 0 Å². The molecule has 2 aromatic carbocycles. The fraction of sp³-hybridized carbons (Fsp3) is 0.364. The molecule has 0 saturated carbocycles. The van der Waals surface area contributed by atoms with Gasteiger partial charge in [0.2, 0.25) is 0 Å². The Hall–Kier alpha value is -1.64. The minimum Gasteiger partial charge on any atom is -0.491 e. The second-order valence-electron chi connectivity index (χ2n) is 7.20. The highest BCUT2D eigenvalue weighted by Gasteiger charge is 2.39. The van der Waals surface area contributed by atoms with Crippen molar-refractivity contribution in [3.8, 4) is 5.75 Å². The van der Waals surface area contributed by atoms with Crippen LogP contribution in [0.5, 0.6) is 5.75 Å². The lowest BCUT2D eigenvalue weighted by atomic mass is 9.77. The SMILES string of the molecule is CCC(C)Oc1ccc2c(c1)C1C=CCC1C(c1cccc(Cl)c1Cl)N2. The first-order valence-corrected chi connectivity index (χ1v) is 10.0. The van der Waals surface area contributed by atoms with Crippen molar-refractivity contribution in [2.75, 3.05) is 5.32 Å². The largest absolute Gasteiger partial charge is 0.491 e. The number of hydrogen-bond acceptors (Lipinski definition) is 2. The van der Waals surface area contributed by atoms with Crippen molar-refractivity contribution in [3.63, 3.8) is 0 Å². The van der Waals surface area contributed by atoms with Gasteiger partial charge >= 0.3 is 0 Å². The summed E-state index contributed by atoms with van der Waals surface area (Å²) in [6, 6.07) is 12.4. The molecule has 4 rings (SSSR count). The van der Waals surface area contributed by atoms with E-state index < -0.39 is 0 Å². The van der Waals surface area contributed by atoms with Crippen LogP contribution in [0.3, 0.4) is 0 Å². The summed E-state index contributed by atoms with van der Waals surface area (Å²) in [5, 5.41) is 4.97. The van der Waals surface area contributed by atoms with Gasteiger partial charge in [0.15, 0.2) is 0 Å². The Balaban J connectivity index is 1.71. The highest BCUT2D eigenvalue weighted by molar-refractivity contribution is 6.42. The van der Waals surface area contributed by atoms with Crippen molar-refractivity contribution < 1.29 is 4.74 Å². The van der Waals surface area contributed by atoms with Crippen LogP contribution >= 0.6 is 23.2 Å². The lowest BCUT2D eigenvalue weighted by Gasteiger charge is -2.38. The third-order valence-corrected chi connectivity index (χ3v) is 6.40. The molecule has 4 atom stereocenters. The molecular formula is C22H23Cl2NO. The normalized spacial score (nSPS) is 24.5. The molecule has 26 heavy (non-hydrogen) atoms. The number of allylic oxidation sites excluding steroid dienone is 2. The third-order valence-electron chi connectivity index (χ3n) is 5.56. The van der Waals surface area contributed by atoms with Gasteiger partial charge in [0.1, 0.15) is 5.75 Å². The molecule has 2 aromatic rings. The van der Waals surface area contributed by atoms with E-state index in [2.05, 4.69) is 49.5 Å². The van der Waals surface area contributed by atoms with E-state index in [9.17, 15) is 0 Å². The molecule has 1 heterocycles. The molecule has 0 fully saturated rings. The van der Waals surface area contributed by atoms with Gasteiger partial charge in [0.25, 0.3) is 0 Å². The Morgan fingerprint density at radius 3 is 2.85 bits per heavy atom. The van der Waals surface area contributed by atoms with Crippen LogP contribution in [0.2, 0.25) is 10.0 Å².